The highest BCUT2D eigenvalue weighted by Gasteiger charge is 2.28. The van der Waals surface area contributed by atoms with Crippen LogP contribution >= 0.6 is 7.14 Å². The first-order valence-electron chi connectivity index (χ1n) is 16.4. The SMILES string of the molecule is COc1cc(CC2CCN(c3ccc(C4CCC(=O)NC4=O)cc3)CC2)ccc1Nc1ncc(C)c(Nc2ccccc2P(C)(C)=O)n1. The van der Waals surface area contributed by atoms with Gasteiger partial charge in [0.2, 0.25) is 17.8 Å². The zero-order valence-corrected chi connectivity index (χ0v) is 28.8. The summed E-state index contributed by atoms with van der Waals surface area (Å²) < 4.78 is 18.6. The minimum absolute atomic E-state index is 0.188. The molecule has 2 fully saturated rings. The molecule has 1 atom stereocenters. The number of methoxy groups -OCH3 is 1. The van der Waals surface area contributed by atoms with E-state index in [4.69, 9.17) is 9.72 Å². The number of aryl methyl sites for hydroxylation is 1. The van der Waals surface area contributed by atoms with E-state index in [2.05, 4.69) is 50.1 Å². The van der Waals surface area contributed by atoms with Crippen LogP contribution in [0.3, 0.4) is 0 Å². The molecule has 2 aliphatic heterocycles. The summed E-state index contributed by atoms with van der Waals surface area (Å²) in [5, 5.41) is 9.92. The lowest BCUT2D eigenvalue weighted by atomic mass is 9.89. The second-order valence-corrected chi connectivity index (χ2v) is 16.3. The Hall–Kier alpha value is -4.69. The number of amides is 2. The Kier molecular flexibility index (Phi) is 9.83. The smallest absolute Gasteiger partial charge is 0.234 e. The molecule has 11 heteroatoms. The minimum atomic E-state index is -2.49. The lowest BCUT2D eigenvalue weighted by Gasteiger charge is -2.34. The largest absolute Gasteiger partial charge is 0.495 e. The van der Waals surface area contributed by atoms with Crippen LogP contribution in [0.25, 0.3) is 0 Å². The number of carbonyl (C=O) groups is 2. The molecule has 2 saturated heterocycles. The topological polar surface area (TPSA) is 126 Å². The van der Waals surface area contributed by atoms with Crippen LogP contribution in [-0.4, -0.2) is 55.3 Å². The van der Waals surface area contributed by atoms with Crippen molar-refractivity contribution in [2.24, 2.45) is 5.92 Å². The van der Waals surface area contributed by atoms with E-state index in [1.807, 2.05) is 49.4 Å². The zero-order valence-electron chi connectivity index (χ0n) is 28.0. The lowest BCUT2D eigenvalue weighted by molar-refractivity contribution is -0.134. The predicted molar refractivity (Wildman–Crippen MR) is 192 cm³/mol. The lowest BCUT2D eigenvalue weighted by Crippen LogP contribution is -2.39. The third-order valence-electron chi connectivity index (χ3n) is 9.26. The molecule has 250 valence electrons. The van der Waals surface area contributed by atoms with Crippen LogP contribution in [0.1, 0.15) is 48.3 Å². The molecule has 10 nitrogen and oxygen atoms in total. The average Bonchev–Trinajstić information content (AvgIpc) is 3.07. The van der Waals surface area contributed by atoms with E-state index < -0.39 is 7.14 Å². The first-order valence-corrected chi connectivity index (χ1v) is 19.1. The molecule has 3 heterocycles. The second kappa shape index (κ2) is 14.2. The number of nitrogens with one attached hydrogen (secondary N) is 3. The Morgan fingerprint density at radius 1 is 0.958 bits per heavy atom. The molecular formula is C37H43N6O4P. The van der Waals surface area contributed by atoms with Crippen LogP contribution in [0.2, 0.25) is 0 Å². The molecule has 6 rings (SSSR count). The van der Waals surface area contributed by atoms with Gasteiger partial charge < -0.3 is 24.8 Å². The molecule has 4 aromatic rings. The Morgan fingerprint density at radius 2 is 1.71 bits per heavy atom. The van der Waals surface area contributed by atoms with Gasteiger partial charge in [-0.3, -0.25) is 14.9 Å². The van der Waals surface area contributed by atoms with Gasteiger partial charge in [0.1, 0.15) is 18.7 Å². The molecule has 0 spiro atoms. The predicted octanol–water partition coefficient (Wildman–Crippen LogP) is 6.51. The number of rotatable bonds is 10. The highest BCUT2D eigenvalue weighted by Crippen LogP contribution is 2.38. The van der Waals surface area contributed by atoms with E-state index >= 15 is 0 Å². The van der Waals surface area contributed by atoms with Crippen LogP contribution in [0.4, 0.5) is 28.8 Å². The molecule has 0 saturated carbocycles. The number of hydrogen-bond acceptors (Lipinski definition) is 9. The average molecular weight is 667 g/mol. The van der Waals surface area contributed by atoms with Gasteiger partial charge in [-0.1, -0.05) is 30.3 Å². The molecule has 0 bridgehead atoms. The standard InChI is InChI=1S/C37H43N6O4P/c1-24-23-38-37(42-35(24)39-31-7-5-6-8-33(31)48(3,4)46)40-30-15-9-26(22-32(30)47-2)21-25-17-19-43(20-18-25)28-12-10-27(11-13-28)29-14-16-34(44)41-36(29)45/h5-13,15,22-23,25,29H,14,16-21H2,1-4H3,(H,41,44,45)(H2,38,39,40,42). The molecule has 2 aliphatic rings. The molecular weight excluding hydrogens is 623 g/mol. The number of ether oxygens (including phenoxy) is 1. The highest BCUT2D eigenvalue weighted by atomic mass is 31.2. The summed E-state index contributed by atoms with van der Waals surface area (Å²) in [5.41, 5.74) is 5.76. The summed E-state index contributed by atoms with van der Waals surface area (Å²) in [6.45, 7) is 7.41. The highest BCUT2D eigenvalue weighted by molar-refractivity contribution is 7.70. The van der Waals surface area contributed by atoms with Gasteiger partial charge in [-0.15, -0.1) is 0 Å². The molecule has 0 aliphatic carbocycles. The van der Waals surface area contributed by atoms with Crippen molar-refractivity contribution < 1.29 is 18.9 Å². The van der Waals surface area contributed by atoms with E-state index in [1.54, 1.807) is 26.6 Å². The van der Waals surface area contributed by atoms with Gasteiger partial charge in [-0.05, 0) is 99.4 Å². The van der Waals surface area contributed by atoms with E-state index in [0.29, 0.717) is 30.5 Å². The van der Waals surface area contributed by atoms with Gasteiger partial charge in [0, 0.05) is 42.3 Å². The third kappa shape index (κ3) is 7.71. The molecule has 0 radical (unpaired) electrons. The minimum Gasteiger partial charge on any atom is -0.495 e. The summed E-state index contributed by atoms with van der Waals surface area (Å²) in [4.78, 5) is 35.4. The van der Waals surface area contributed by atoms with Crippen molar-refractivity contribution in [2.75, 3.05) is 49.1 Å². The number of para-hydroxylation sites is 1. The maximum atomic E-state index is 12.9. The molecule has 3 aromatic carbocycles. The first kappa shape index (κ1) is 33.2. The number of carbonyl (C=O) groups excluding carboxylic acids is 2. The van der Waals surface area contributed by atoms with Gasteiger partial charge in [0.05, 0.1) is 24.4 Å². The fraction of sp³-hybridized carbons (Fsp3) is 0.351. The first-order chi connectivity index (χ1) is 23.1. The quantitative estimate of drug-likeness (QED) is 0.128. The van der Waals surface area contributed by atoms with Gasteiger partial charge >= 0.3 is 0 Å². The van der Waals surface area contributed by atoms with E-state index in [1.165, 1.54) is 11.3 Å². The van der Waals surface area contributed by atoms with E-state index in [9.17, 15) is 14.2 Å². The molecule has 3 N–H and O–H groups in total. The Bertz CT molecular complexity index is 1850. The van der Waals surface area contributed by atoms with Crippen molar-refractivity contribution in [2.45, 2.75) is 44.9 Å². The number of piperidine rings is 2. The second-order valence-electron chi connectivity index (χ2n) is 13.1. The van der Waals surface area contributed by atoms with Crippen molar-refractivity contribution >= 4 is 53.1 Å². The monoisotopic (exact) mass is 666 g/mol. The normalized spacial score (nSPS) is 17.2. The van der Waals surface area contributed by atoms with Crippen LogP contribution < -0.4 is 30.9 Å². The Balaban J connectivity index is 1.06. The van der Waals surface area contributed by atoms with Gasteiger partial charge in [0.25, 0.3) is 0 Å². The van der Waals surface area contributed by atoms with Gasteiger partial charge in [-0.25, -0.2) is 4.98 Å². The van der Waals surface area contributed by atoms with Crippen LogP contribution in [0.15, 0.2) is 72.9 Å². The zero-order chi connectivity index (χ0) is 33.8. The number of anilines is 5. The molecule has 1 aromatic heterocycles. The van der Waals surface area contributed by atoms with Crippen molar-refractivity contribution in [1.82, 2.24) is 15.3 Å². The molecule has 48 heavy (non-hydrogen) atoms. The fourth-order valence-corrected chi connectivity index (χ4v) is 7.70. The van der Waals surface area contributed by atoms with E-state index in [-0.39, 0.29) is 17.7 Å². The number of imide groups is 1. The summed E-state index contributed by atoms with van der Waals surface area (Å²) in [7, 11) is -0.821. The van der Waals surface area contributed by atoms with Crippen molar-refractivity contribution in [3.05, 3.63) is 89.6 Å². The number of nitrogens with zero attached hydrogens (tertiary/aromatic N) is 3. The van der Waals surface area contributed by atoms with Crippen molar-refractivity contribution in [3.8, 4) is 5.75 Å². The number of aromatic nitrogens is 2. The van der Waals surface area contributed by atoms with E-state index in [0.717, 1.165) is 65.9 Å². The molecule has 2 amide bonds. The summed E-state index contributed by atoms with van der Waals surface area (Å²) in [5.74, 6) is 1.71. The number of hydrogen-bond donors (Lipinski definition) is 3. The van der Waals surface area contributed by atoms with Crippen LogP contribution in [0, 0.1) is 12.8 Å². The maximum absolute atomic E-state index is 12.9. The number of benzene rings is 3. The third-order valence-corrected chi connectivity index (χ3v) is 10.8. The Morgan fingerprint density at radius 3 is 2.42 bits per heavy atom. The molecule has 1 unspecified atom stereocenters. The van der Waals surface area contributed by atoms with Crippen LogP contribution in [-0.2, 0) is 20.6 Å². The summed E-state index contributed by atoms with van der Waals surface area (Å²) in [6, 6.07) is 22.1. The summed E-state index contributed by atoms with van der Waals surface area (Å²) >= 11 is 0. The van der Waals surface area contributed by atoms with Gasteiger partial charge in [0.15, 0.2) is 0 Å². The fourth-order valence-electron chi connectivity index (χ4n) is 6.55. The van der Waals surface area contributed by atoms with Gasteiger partial charge in [-0.2, -0.15) is 4.98 Å². The van der Waals surface area contributed by atoms with Crippen LogP contribution in [0.5, 0.6) is 5.75 Å². The maximum Gasteiger partial charge on any atom is 0.234 e. The summed E-state index contributed by atoms with van der Waals surface area (Å²) in [6.07, 6.45) is 5.84. The van der Waals surface area contributed by atoms with Crippen molar-refractivity contribution in [3.63, 3.8) is 0 Å². The van der Waals surface area contributed by atoms with Crippen molar-refractivity contribution in [1.29, 1.82) is 0 Å². The Labute approximate surface area is 282 Å².